The number of morpholine rings is 1. The molecule has 1 aliphatic heterocycles. The number of rotatable bonds is 11. The smallest absolute Gasteiger partial charge is 0.350 e. The third-order valence-electron chi connectivity index (χ3n) is 8.51. The molecule has 3 atom stereocenters. The summed E-state index contributed by atoms with van der Waals surface area (Å²) in [6, 6.07) is 40.8. The summed E-state index contributed by atoms with van der Waals surface area (Å²) in [5, 5.41) is 2.70. The fourth-order valence-corrected chi connectivity index (χ4v) is 6.94. The largest absolute Gasteiger partial charge is 0.362 e. The Kier molecular flexibility index (Phi) is 10.6. The zero-order valence-corrected chi connectivity index (χ0v) is 28.8. The van der Waals surface area contributed by atoms with Gasteiger partial charge in [-0.1, -0.05) is 109 Å². The maximum atomic E-state index is 13.6. The molecule has 0 saturated carbocycles. The standard InChI is InChI=1S/C37H37ClN5O5P/c1-41(2)49(38,46)47-27-32-25-42(26-34(48-32)43-24-23-33(40-36(43)45)39-35(44)28-15-7-3-8-16-28)37(29-17-9-4-10-18-29,30-19-11-5-12-20-30)31-21-13-6-14-22-31/h3-24,32,34H,25-27H2,1-2H3,(H,39,40,44,45). The molecule has 1 N–H and O–H groups in total. The molecule has 0 bridgehead atoms. The number of nitrogens with zero attached hydrogens (tertiary/aromatic N) is 4. The van der Waals surface area contributed by atoms with Crippen molar-refractivity contribution in [3.05, 3.63) is 166 Å². The van der Waals surface area contributed by atoms with Gasteiger partial charge in [-0.25, -0.2) is 9.46 Å². The van der Waals surface area contributed by atoms with E-state index in [-0.39, 0.29) is 24.9 Å². The van der Waals surface area contributed by atoms with Crippen LogP contribution in [-0.4, -0.2) is 64.9 Å². The van der Waals surface area contributed by atoms with Gasteiger partial charge < -0.3 is 14.6 Å². The van der Waals surface area contributed by atoms with Crippen LogP contribution < -0.4 is 11.0 Å². The zero-order chi connectivity index (χ0) is 34.4. The fourth-order valence-electron chi connectivity index (χ4n) is 6.19. The van der Waals surface area contributed by atoms with E-state index in [0.717, 1.165) is 16.7 Å². The molecule has 1 aromatic heterocycles. The number of halogens is 1. The fraction of sp³-hybridized carbons (Fsp3) is 0.216. The Bertz CT molecular complexity index is 1870. The number of aromatic nitrogens is 2. The topological polar surface area (TPSA) is 106 Å². The summed E-state index contributed by atoms with van der Waals surface area (Å²) in [4.78, 5) is 32.9. The summed E-state index contributed by atoms with van der Waals surface area (Å²) in [5.74, 6) is -0.267. The Morgan fingerprint density at radius 3 is 1.88 bits per heavy atom. The van der Waals surface area contributed by atoms with Crippen molar-refractivity contribution in [1.82, 2.24) is 19.1 Å². The van der Waals surface area contributed by atoms with E-state index in [0.29, 0.717) is 12.1 Å². The lowest BCUT2D eigenvalue weighted by molar-refractivity contribution is -0.148. The highest BCUT2D eigenvalue weighted by molar-refractivity contribution is 7.83. The molecule has 1 aliphatic rings. The van der Waals surface area contributed by atoms with Gasteiger partial charge in [-0.05, 0) is 60.2 Å². The second-order valence-corrected chi connectivity index (χ2v) is 15.1. The lowest BCUT2D eigenvalue weighted by Gasteiger charge is -2.50. The quantitative estimate of drug-likeness (QED) is 0.121. The molecular weight excluding hydrogens is 661 g/mol. The summed E-state index contributed by atoms with van der Waals surface area (Å²) in [6.45, 7) is -3.13. The predicted octanol–water partition coefficient (Wildman–Crippen LogP) is 6.61. The van der Waals surface area contributed by atoms with Crippen molar-refractivity contribution in [3.63, 3.8) is 0 Å². The molecule has 0 radical (unpaired) electrons. The Balaban J connectivity index is 1.43. The summed E-state index contributed by atoms with van der Waals surface area (Å²) in [7, 11) is 3.17. The van der Waals surface area contributed by atoms with Crippen LogP contribution in [0.5, 0.6) is 0 Å². The van der Waals surface area contributed by atoms with Crippen molar-refractivity contribution < 1.29 is 18.6 Å². The SMILES string of the molecule is CN(C)P(=O)(Cl)OCC1CN(C(c2ccccc2)(c2ccccc2)c2ccccc2)CC(n2ccc(NC(=O)c3ccccc3)nc2=O)O1. The van der Waals surface area contributed by atoms with Crippen LogP contribution in [0.1, 0.15) is 33.3 Å². The molecule has 4 aromatic carbocycles. The van der Waals surface area contributed by atoms with E-state index >= 15 is 0 Å². The van der Waals surface area contributed by atoms with Crippen molar-refractivity contribution in [1.29, 1.82) is 0 Å². The van der Waals surface area contributed by atoms with Gasteiger partial charge in [0.15, 0.2) is 6.23 Å². The van der Waals surface area contributed by atoms with E-state index in [9.17, 15) is 14.2 Å². The molecule has 1 amide bonds. The van der Waals surface area contributed by atoms with Crippen LogP contribution in [0.2, 0.25) is 0 Å². The van der Waals surface area contributed by atoms with Crippen LogP contribution in [0.15, 0.2) is 138 Å². The van der Waals surface area contributed by atoms with Gasteiger partial charge in [0, 0.05) is 24.8 Å². The summed E-state index contributed by atoms with van der Waals surface area (Å²) >= 11 is 6.28. The number of carbonyl (C=O) groups excluding carboxylic acids is 1. The van der Waals surface area contributed by atoms with Crippen molar-refractivity contribution in [2.45, 2.75) is 17.9 Å². The second-order valence-electron chi connectivity index (χ2n) is 11.8. The summed E-state index contributed by atoms with van der Waals surface area (Å²) < 4.78 is 28.1. The average Bonchev–Trinajstić information content (AvgIpc) is 3.13. The minimum absolute atomic E-state index is 0.103. The zero-order valence-electron chi connectivity index (χ0n) is 27.1. The van der Waals surface area contributed by atoms with Crippen molar-refractivity contribution >= 4 is 29.8 Å². The molecule has 12 heteroatoms. The van der Waals surface area contributed by atoms with Crippen molar-refractivity contribution in [3.8, 4) is 0 Å². The molecular formula is C37H37ClN5O5P. The van der Waals surface area contributed by atoms with E-state index < -0.39 is 30.4 Å². The molecule has 49 heavy (non-hydrogen) atoms. The maximum Gasteiger partial charge on any atom is 0.362 e. The number of amides is 1. The number of hydrogen-bond acceptors (Lipinski definition) is 7. The molecule has 10 nitrogen and oxygen atoms in total. The van der Waals surface area contributed by atoms with Crippen LogP contribution in [0.3, 0.4) is 0 Å². The van der Waals surface area contributed by atoms with Crippen LogP contribution in [-0.2, 0) is 19.4 Å². The van der Waals surface area contributed by atoms with Gasteiger partial charge in [-0.15, -0.1) is 0 Å². The molecule has 2 heterocycles. The van der Waals surface area contributed by atoms with E-state index in [2.05, 4.69) is 51.6 Å². The third kappa shape index (κ3) is 7.45. The van der Waals surface area contributed by atoms with E-state index in [1.165, 1.54) is 9.24 Å². The number of ether oxygens (including phenoxy) is 1. The minimum atomic E-state index is -3.63. The molecule has 0 aliphatic carbocycles. The summed E-state index contributed by atoms with van der Waals surface area (Å²) in [6.07, 6.45) is 0.0558. The molecule has 5 aromatic rings. The van der Waals surface area contributed by atoms with Crippen LogP contribution in [0, 0.1) is 0 Å². The van der Waals surface area contributed by atoms with E-state index in [1.807, 2.05) is 60.7 Å². The van der Waals surface area contributed by atoms with Crippen LogP contribution in [0.25, 0.3) is 0 Å². The minimum Gasteiger partial charge on any atom is -0.350 e. The van der Waals surface area contributed by atoms with Crippen molar-refractivity contribution in [2.75, 3.05) is 39.1 Å². The van der Waals surface area contributed by atoms with Gasteiger partial charge >= 0.3 is 12.6 Å². The highest BCUT2D eigenvalue weighted by atomic mass is 35.7. The van der Waals surface area contributed by atoms with Crippen molar-refractivity contribution in [2.24, 2.45) is 0 Å². The molecule has 1 fully saturated rings. The maximum absolute atomic E-state index is 13.6. The van der Waals surface area contributed by atoms with Gasteiger partial charge in [-0.2, -0.15) is 4.98 Å². The van der Waals surface area contributed by atoms with Gasteiger partial charge in [0.1, 0.15) is 5.82 Å². The number of anilines is 1. The Labute approximate surface area is 290 Å². The average molecular weight is 698 g/mol. The van der Waals surface area contributed by atoms with Gasteiger partial charge in [0.25, 0.3) is 5.91 Å². The number of benzene rings is 4. The monoisotopic (exact) mass is 697 g/mol. The number of carbonyl (C=O) groups is 1. The lowest BCUT2D eigenvalue weighted by atomic mass is 9.75. The first kappa shape index (κ1) is 34.5. The van der Waals surface area contributed by atoms with Crippen LogP contribution >= 0.6 is 18.1 Å². The molecule has 1 saturated heterocycles. The Morgan fingerprint density at radius 1 is 0.878 bits per heavy atom. The first-order valence-corrected chi connectivity index (χ1v) is 18.3. The Morgan fingerprint density at radius 2 is 1.39 bits per heavy atom. The van der Waals surface area contributed by atoms with E-state index in [1.54, 1.807) is 50.6 Å². The highest BCUT2D eigenvalue weighted by Crippen LogP contribution is 2.54. The molecule has 6 rings (SSSR count). The highest BCUT2D eigenvalue weighted by Gasteiger charge is 2.47. The van der Waals surface area contributed by atoms with Gasteiger partial charge in [-0.3, -0.25) is 18.8 Å². The lowest BCUT2D eigenvalue weighted by Crippen LogP contribution is -2.58. The number of hydrogen-bond donors (Lipinski definition) is 1. The molecule has 0 spiro atoms. The first-order valence-electron chi connectivity index (χ1n) is 15.8. The normalized spacial score (nSPS) is 18.1. The predicted molar refractivity (Wildman–Crippen MR) is 191 cm³/mol. The van der Waals surface area contributed by atoms with Gasteiger partial charge in [0.05, 0.1) is 18.2 Å². The van der Waals surface area contributed by atoms with Crippen LogP contribution in [0.4, 0.5) is 5.82 Å². The summed E-state index contributed by atoms with van der Waals surface area (Å²) in [5.41, 5.74) is 2.02. The number of nitrogens with one attached hydrogen (secondary N) is 1. The third-order valence-corrected chi connectivity index (χ3v) is 11.1. The second kappa shape index (κ2) is 15.0. The van der Waals surface area contributed by atoms with Gasteiger partial charge in [0.2, 0.25) is 0 Å². The first-order chi connectivity index (χ1) is 23.7. The molecule has 3 unspecified atom stereocenters. The molecule has 252 valence electrons. The Hall–Kier alpha value is -4.41. The van der Waals surface area contributed by atoms with E-state index in [4.69, 9.17) is 20.5 Å².